The molecule has 1 heterocycles. The Labute approximate surface area is 121 Å². The van der Waals surface area contributed by atoms with E-state index in [1.807, 2.05) is 6.92 Å². The number of ether oxygens (including phenoxy) is 1. The maximum Gasteiger partial charge on any atom is 0.130 e. The summed E-state index contributed by atoms with van der Waals surface area (Å²) in [6.45, 7) is 1.90. The fourth-order valence-corrected chi connectivity index (χ4v) is 2.70. The smallest absolute Gasteiger partial charge is 0.130 e. The molecule has 0 saturated heterocycles. The third-order valence-electron chi connectivity index (χ3n) is 3.54. The van der Waals surface area contributed by atoms with E-state index in [1.54, 1.807) is 30.3 Å². The molecule has 2 atom stereocenters. The molecule has 0 radical (unpaired) electrons. The monoisotopic (exact) mass is 292 g/mol. The minimum Gasteiger partial charge on any atom is -0.485 e. The van der Waals surface area contributed by atoms with Gasteiger partial charge in [-0.05, 0) is 37.3 Å². The number of benzene rings is 2. The van der Waals surface area contributed by atoms with E-state index in [2.05, 4.69) is 0 Å². The predicted molar refractivity (Wildman–Crippen MR) is 75.5 cm³/mol. The van der Waals surface area contributed by atoms with Crippen molar-refractivity contribution in [1.82, 2.24) is 0 Å². The first-order chi connectivity index (χ1) is 9.54. The number of rotatable bonds is 1. The highest BCUT2D eigenvalue weighted by Crippen LogP contribution is 2.42. The Bertz CT molecular complexity index is 657. The molecule has 0 saturated carbocycles. The second-order valence-electron chi connectivity index (χ2n) is 5.07. The van der Waals surface area contributed by atoms with Gasteiger partial charge in [0, 0.05) is 22.6 Å². The molecule has 20 heavy (non-hydrogen) atoms. The van der Waals surface area contributed by atoms with Gasteiger partial charge in [0.15, 0.2) is 0 Å². The Morgan fingerprint density at radius 2 is 2.00 bits per heavy atom. The minimum absolute atomic E-state index is 0.313. The predicted octanol–water partition coefficient (Wildman–Crippen LogP) is 4.34. The number of aliphatic hydroxyl groups is 1. The molecular weight excluding hydrogens is 279 g/mol. The van der Waals surface area contributed by atoms with Crippen molar-refractivity contribution in [2.24, 2.45) is 0 Å². The summed E-state index contributed by atoms with van der Waals surface area (Å²) in [5, 5.41) is 10.8. The van der Waals surface area contributed by atoms with Crippen LogP contribution < -0.4 is 4.74 Å². The van der Waals surface area contributed by atoms with Crippen molar-refractivity contribution >= 4 is 11.6 Å². The van der Waals surface area contributed by atoms with E-state index in [1.165, 1.54) is 6.07 Å². The van der Waals surface area contributed by atoms with Gasteiger partial charge in [-0.2, -0.15) is 0 Å². The van der Waals surface area contributed by atoms with E-state index < -0.39 is 12.2 Å². The second-order valence-corrected chi connectivity index (χ2v) is 5.50. The fourth-order valence-electron chi connectivity index (χ4n) is 2.52. The molecule has 104 valence electrons. The first-order valence-corrected chi connectivity index (χ1v) is 6.82. The summed E-state index contributed by atoms with van der Waals surface area (Å²) in [6, 6.07) is 9.99. The van der Waals surface area contributed by atoms with Crippen LogP contribution in [0.1, 0.15) is 35.3 Å². The van der Waals surface area contributed by atoms with Crippen LogP contribution in [-0.2, 0) is 0 Å². The highest BCUT2D eigenvalue weighted by Gasteiger charge is 2.29. The third-order valence-corrected chi connectivity index (χ3v) is 3.77. The number of fused-ring (bicyclic) bond motifs is 1. The van der Waals surface area contributed by atoms with Crippen molar-refractivity contribution in [1.29, 1.82) is 0 Å². The van der Waals surface area contributed by atoms with Gasteiger partial charge in [0.05, 0.1) is 6.10 Å². The average Bonchev–Trinajstić information content (AvgIpc) is 2.42. The Morgan fingerprint density at radius 1 is 1.20 bits per heavy atom. The lowest BCUT2D eigenvalue weighted by molar-refractivity contribution is 0.0640. The number of aryl methyl sites for hydroxylation is 1. The Morgan fingerprint density at radius 3 is 2.80 bits per heavy atom. The van der Waals surface area contributed by atoms with E-state index >= 15 is 0 Å². The summed E-state index contributed by atoms with van der Waals surface area (Å²) >= 11 is 5.91. The zero-order chi connectivity index (χ0) is 14.3. The molecule has 2 aromatic carbocycles. The standard InChI is InChI=1S/C16H14ClFO2/c1-9-2-4-13(18)11(6-9)16-8-14(19)12-7-10(17)3-5-15(12)20-16/h2-7,14,16,19H,8H2,1H3/t14-,16?/m0/s1. The van der Waals surface area contributed by atoms with Crippen LogP contribution in [0.4, 0.5) is 4.39 Å². The molecule has 0 fully saturated rings. The quantitative estimate of drug-likeness (QED) is 0.847. The normalized spacial score (nSPS) is 21.2. The topological polar surface area (TPSA) is 29.5 Å². The van der Waals surface area contributed by atoms with Gasteiger partial charge in [0.2, 0.25) is 0 Å². The molecule has 0 bridgehead atoms. The van der Waals surface area contributed by atoms with Crippen molar-refractivity contribution < 1.29 is 14.2 Å². The number of halogens is 2. The van der Waals surface area contributed by atoms with Gasteiger partial charge in [-0.15, -0.1) is 0 Å². The molecular formula is C16H14ClFO2. The Kier molecular flexibility index (Phi) is 3.40. The highest BCUT2D eigenvalue weighted by atomic mass is 35.5. The van der Waals surface area contributed by atoms with Gasteiger partial charge in [0.25, 0.3) is 0 Å². The summed E-state index contributed by atoms with van der Waals surface area (Å²) in [5.74, 6) is 0.240. The van der Waals surface area contributed by atoms with Gasteiger partial charge < -0.3 is 9.84 Å². The maximum atomic E-state index is 13.9. The lowest BCUT2D eigenvalue weighted by Crippen LogP contribution is -2.20. The van der Waals surface area contributed by atoms with Gasteiger partial charge in [0.1, 0.15) is 17.7 Å². The van der Waals surface area contributed by atoms with Crippen LogP contribution in [0.15, 0.2) is 36.4 Å². The van der Waals surface area contributed by atoms with Crippen molar-refractivity contribution in [3.63, 3.8) is 0 Å². The second kappa shape index (κ2) is 5.08. The number of hydrogen-bond donors (Lipinski definition) is 1. The SMILES string of the molecule is Cc1ccc(F)c(C2C[C@H](O)c3cc(Cl)ccc3O2)c1. The summed E-state index contributed by atoms with van der Waals surface area (Å²) < 4.78 is 19.8. The van der Waals surface area contributed by atoms with Crippen molar-refractivity contribution in [3.8, 4) is 5.75 Å². The molecule has 2 aromatic rings. The van der Waals surface area contributed by atoms with Crippen molar-refractivity contribution in [2.75, 3.05) is 0 Å². The molecule has 1 unspecified atom stereocenters. The largest absolute Gasteiger partial charge is 0.485 e. The number of hydrogen-bond acceptors (Lipinski definition) is 2. The van der Waals surface area contributed by atoms with Crippen LogP contribution in [0.25, 0.3) is 0 Å². The van der Waals surface area contributed by atoms with E-state index in [0.29, 0.717) is 28.3 Å². The van der Waals surface area contributed by atoms with Crippen LogP contribution in [0.2, 0.25) is 5.02 Å². The summed E-state index contributed by atoms with van der Waals surface area (Å²) in [4.78, 5) is 0. The van der Waals surface area contributed by atoms with Crippen LogP contribution in [0, 0.1) is 12.7 Å². The van der Waals surface area contributed by atoms with Crippen molar-refractivity contribution in [3.05, 3.63) is 63.9 Å². The zero-order valence-corrected chi connectivity index (χ0v) is 11.7. The Balaban J connectivity index is 1.99. The van der Waals surface area contributed by atoms with Gasteiger partial charge in [-0.1, -0.05) is 23.2 Å². The molecule has 1 aliphatic heterocycles. The lowest BCUT2D eigenvalue weighted by atomic mass is 9.94. The molecule has 0 amide bonds. The van der Waals surface area contributed by atoms with Gasteiger partial charge >= 0.3 is 0 Å². The summed E-state index contributed by atoms with van der Waals surface area (Å²) in [5.41, 5.74) is 2.09. The highest BCUT2D eigenvalue weighted by molar-refractivity contribution is 6.30. The van der Waals surface area contributed by atoms with E-state index in [4.69, 9.17) is 16.3 Å². The summed E-state index contributed by atoms with van der Waals surface area (Å²) in [7, 11) is 0. The van der Waals surface area contributed by atoms with Crippen LogP contribution in [0.3, 0.4) is 0 Å². The van der Waals surface area contributed by atoms with E-state index in [-0.39, 0.29) is 5.82 Å². The molecule has 0 aliphatic carbocycles. The Hall–Kier alpha value is -1.58. The molecule has 2 nitrogen and oxygen atoms in total. The van der Waals surface area contributed by atoms with Gasteiger partial charge in [-0.25, -0.2) is 4.39 Å². The average molecular weight is 293 g/mol. The summed E-state index contributed by atoms with van der Waals surface area (Å²) in [6.07, 6.45) is -0.880. The minimum atomic E-state index is -0.706. The first-order valence-electron chi connectivity index (χ1n) is 6.45. The number of aliphatic hydroxyl groups excluding tert-OH is 1. The molecule has 0 spiro atoms. The van der Waals surface area contributed by atoms with Crippen LogP contribution in [0.5, 0.6) is 5.75 Å². The molecule has 0 aromatic heterocycles. The van der Waals surface area contributed by atoms with Crippen LogP contribution >= 0.6 is 11.6 Å². The fraction of sp³-hybridized carbons (Fsp3) is 0.250. The lowest BCUT2D eigenvalue weighted by Gasteiger charge is -2.30. The zero-order valence-electron chi connectivity index (χ0n) is 10.9. The molecule has 1 N–H and O–H groups in total. The molecule has 1 aliphatic rings. The molecule has 3 rings (SSSR count). The van der Waals surface area contributed by atoms with Crippen LogP contribution in [-0.4, -0.2) is 5.11 Å². The van der Waals surface area contributed by atoms with Gasteiger partial charge in [-0.3, -0.25) is 0 Å². The first kappa shape index (κ1) is 13.4. The maximum absolute atomic E-state index is 13.9. The molecule has 4 heteroatoms. The van der Waals surface area contributed by atoms with Crippen molar-refractivity contribution in [2.45, 2.75) is 25.6 Å². The van der Waals surface area contributed by atoms with E-state index in [9.17, 15) is 9.50 Å². The third kappa shape index (κ3) is 2.39. The van der Waals surface area contributed by atoms with E-state index in [0.717, 1.165) is 5.56 Å².